The highest BCUT2D eigenvalue weighted by Crippen LogP contribution is 2.31. The third-order valence-electron chi connectivity index (χ3n) is 4.69. The summed E-state index contributed by atoms with van der Waals surface area (Å²) in [6.07, 6.45) is 1.37. The molecule has 4 aromatic rings. The van der Waals surface area contributed by atoms with E-state index in [4.69, 9.17) is 4.74 Å². The Bertz CT molecular complexity index is 1330. The minimum absolute atomic E-state index is 0.120. The number of para-hydroxylation sites is 1. The third kappa shape index (κ3) is 4.57. The maximum Gasteiger partial charge on any atom is 0.350 e. The van der Waals surface area contributed by atoms with Gasteiger partial charge in [0.2, 0.25) is 11.3 Å². The van der Waals surface area contributed by atoms with Crippen LogP contribution in [0.2, 0.25) is 0 Å². The van der Waals surface area contributed by atoms with Crippen LogP contribution in [-0.4, -0.2) is 33.2 Å². The average Bonchev–Trinajstić information content (AvgIpc) is 3.23. The Hall–Kier alpha value is -3.85. The van der Waals surface area contributed by atoms with Gasteiger partial charge in [-0.25, -0.2) is 9.78 Å². The second-order valence-electron chi connectivity index (χ2n) is 6.83. The van der Waals surface area contributed by atoms with Crippen molar-refractivity contribution in [3.05, 3.63) is 75.9 Å². The molecule has 1 N–H and O–H groups in total. The van der Waals surface area contributed by atoms with Gasteiger partial charge in [-0.2, -0.15) is 5.10 Å². The van der Waals surface area contributed by atoms with Crippen LogP contribution in [-0.2, 0) is 16.1 Å². The van der Waals surface area contributed by atoms with Gasteiger partial charge in [0.15, 0.2) is 5.13 Å². The first kappa shape index (κ1) is 21.4. The average molecular weight is 449 g/mol. The molecule has 8 nitrogen and oxygen atoms in total. The predicted octanol–water partition coefficient (Wildman–Crippen LogP) is 3.73. The van der Waals surface area contributed by atoms with Crippen LogP contribution in [0.4, 0.5) is 5.13 Å². The molecular formula is C23H20N4O4S. The molecule has 0 aliphatic rings. The molecule has 2 aromatic carbocycles. The molecule has 0 spiro atoms. The zero-order valence-corrected chi connectivity index (χ0v) is 18.1. The van der Waals surface area contributed by atoms with E-state index in [0.717, 1.165) is 16.9 Å². The van der Waals surface area contributed by atoms with E-state index in [1.54, 1.807) is 29.8 Å². The summed E-state index contributed by atoms with van der Waals surface area (Å²) in [7, 11) is 0. The smallest absolute Gasteiger partial charge is 0.350 e. The number of rotatable bonds is 7. The normalized spacial score (nSPS) is 10.8. The van der Waals surface area contributed by atoms with Crippen LogP contribution in [0.5, 0.6) is 0 Å². The minimum Gasteiger partial charge on any atom is -0.462 e. The van der Waals surface area contributed by atoms with Gasteiger partial charge in [0.1, 0.15) is 4.88 Å². The number of ether oxygens (including phenoxy) is 1. The monoisotopic (exact) mass is 448 g/mol. The lowest BCUT2D eigenvalue weighted by molar-refractivity contribution is -0.116. The van der Waals surface area contributed by atoms with Gasteiger partial charge in [-0.15, -0.1) is 0 Å². The van der Waals surface area contributed by atoms with Gasteiger partial charge >= 0.3 is 5.97 Å². The molecule has 32 heavy (non-hydrogen) atoms. The number of hydrogen-bond donors (Lipinski definition) is 1. The number of esters is 1. The van der Waals surface area contributed by atoms with E-state index in [1.807, 2.05) is 36.4 Å². The van der Waals surface area contributed by atoms with Crippen molar-refractivity contribution in [3.8, 4) is 11.3 Å². The lowest BCUT2D eigenvalue weighted by atomic mass is 10.1. The molecule has 0 atom stereocenters. The lowest BCUT2D eigenvalue weighted by Gasteiger charge is -2.08. The van der Waals surface area contributed by atoms with Crippen LogP contribution in [0.25, 0.3) is 22.2 Å². The zero-order valence-electron chi connectivity index (χ0n) is 17.3. The van der Waals surface area contributed by atoms with Gasteiger partial charge in [0.05, 0.1) is 30.6 Å². The summed E-state index contributed by atoms with van der Waals surface area (Å²) in [4.78, 5) is 41.7. The Morgan fingerprint density at radius 1 is 1.09 bits per heavy atom. The van der Waals surface area contributed by atoms with E-state index in [2.05, 4.69) is 15.4 Å². The highest BCUT2D eigenvalue weighted by molar-refractivity contribution is 7.18. The topological polar surface area (TPSA) is 103 Å². The van der Waals surface area contributed by atoms with Crippen LogP contribution >= 0.6 is 11.3 Å². The number of nitrogens with zero attached hydrogens (tertiary/aromatic N) is 3. The highest BCUT2D eigenvalue weighted by atomic mass is 32.1. The number of anilines is 1. The Kier molecular flexibility index (Phi) is 6.37. The summed E-state index contributed by atoms with van der Waals surface area (Å²) in [5, 5.41) is 7.76. The van der Waals surface area contributed by atoms with Gasteiger partial charge in [-0.3, -0.25) is 14.3 Å². The number of fused-ring (bicyclic) bond motifs is 1. The third-order valence-corrected chi connectivity index (χ3v) is 5.65. The molecule has 1 amide bonds. The molecule has 0 fully saturated rings. The first-order valence-electron chi connectivity index (χ1n) is 10.0. The number of hydrogen-bond acceptors (Lipinski definition) is 7. The van der Waals surface area contributed by atoms with Crippen molar-refractivity contribution < 1.29 is 14.3 Å². The summed E-state index contributed by atoms with van der Waals surface area (Å²) in [5.74, 6) is -0.758. The molecule has 9 heteroatoms. The fraction of sp³-hybridized carbons (Fsp3) is 0.174. The second kappa shape index (κ2) is 9.52. The molecule has 0 bridgehead atoms. The van der Waals surface area contributed by atoms with Crippen LogP contribution in [0.3, 0.4) is 0 Å². The van der Waals surface area contributed by atoms with E-state index >= 15 is 0 Å². The molecule has 0 aliphatic heterocycles. The van der Waals surface area contributed by atoms with Gasteiger partial charge in [0, 0.05) is 17.4 Å². The number of aryl methyl sites for hydroxylation is 1. The van der Waals surface area contributed by atoms with Crippen LogP contribution < -0.4 is 10.7 Å². The lowest BCUT2D eigenvalue weighted by Crippen LogP contribution is -2.17. The first-order valence-corrected chi connectivity index (χ1v) is 10.9. The van der Waals surface area contributed by atoms with Crippen molar-refractivity contribution in [3.63, 3.8) is 0 Å². The number of thiazole rings is 1. The van der Waals surface area contributed by atoms with Crippen LogP contribution in [0, 0.1) is 0 Å². The molecule has 2 aromatic heterocycles. The standard InChI is InChI=1S/C23H20N4O4S/c1-2-31-22(30)21-20(15-8-4-3-5-9-15)26-23(32-21)25-19(29)12-13-27-17-11-7-6-10-16(17)18(28)14-24-27/h3-11,14H,2,12-13H2,1H3,(H,25,26,29). The summed E-state index contributed by atoms with van der Waals surface area (Å²) in [5.41, 5.74) is 1.73. The number of aromatic nitrogens is 3. The Morgan fingerprint density at radius 3 is 2.62 bits per heavy atom. The van der Waals surface area contributed by atoms with E-state index < -0.39 is 5.97 Å². The highest BCUT2D eigenvalue weighted by Gasteiger charge is 2.21. The summed E-state index contributed by atoms with van der Waals surface area (Å²) in [6, 6.07) is 16.4. The molecule has 0 unspecified atom stereocenters. The molecule has 0 aliphatic carbocycles. The quantitative estimate of drug-likeness (QED) is 0.432. The van der Waals surface area contributed by atoms with E-state index in [-0.39, 0.29) is 30.9 Å². The maximum atomic E-state index is 12.6. The summed E-state index contributed by atoms with van der Waals surface area (Å²) >= 11 is 1.08. The van der Waals surface area contributed by atoms with Gasteiger partial charge in [-0.1, -0.05) is 53.8 Å². The van der Waals surface area contributed by atoms with Crippen molar-refractivity contribution in [2.24, 2.45) is 0 Å². The van der Waals surface area contributed by atoms with Gasteiger partial charge < -0.3 is 10.1 Å². The second-order valence-corrected chi connectivity index (χ2v) is 7.83. The number of carbonyl (C=O) groups excluding carboxylic acids is 2. The maximum absolute atomic E-state index is 12.6. The Morgan fingerprint density at radius 2 is 1.84 bits per heavy atom. The van der Waals surface area contributed by atoms with E-state index in [9.17, 15) is 14.4 Å². The number of nitrogens with one attached hydrogen (secondary N) is 1. The van der Waals surface area contributed by atoms with Crippen molar-refractivity contribution >= 4 is 39.2 Å². The van der Waals surface area contributed by atoms with Crippen LogP contribution in [0.1, 0.15) is 23.0 Å². The first-order chi connectivity index (χ1) is 15.6. The number of benzene rings is 2. The van der Waals surface area contributed by atoms with E-state index in [0.29, 0.717) is 26.6 Å². The summed E-state index contributed by atoms with van der Waals surface area (Å²) < 4.78 is 6.77. The zero-order chi connectivity index (χ0) is 22.5. The molecule has 162 valence electrons. The van der Waals surface area contributed by atoms with Crippen molar-refractivity contribution in [1.29, 1.82) is 0 Å². The minimum atomic E-state index is -0.478. The number of carbonyl (C=O) groups is 2. The van der Waals surface area contributed by atoms with Crippen LogP contribution in [0.15, 0.2) is 65.6 Å². The number of amides is 1. The SMILES string of the molecule is CCOC(=O)c1sc(NC(=O)CCn2ncc(=O)c3ccccc32)nc1-c1ccccc1. The van der Waals surface area contributed by atoms with Gasteiger partial charge in [-0.05, 0) is 19.1 Å². The van der Waals surface area contributed by atoms with Crippen molar-refractivity contribution in [2.45, 2.75) is 19.9 Å². The Labute approximate surface area is 187 Å². The molecule has 0 saturated carbocycles. The van der Waals surface area contributed by atoms with Crippen molar-refractivity contribution in [2.75, 3.05) is 11.9 Å². The molecule has 2 heterocycles. The molecule has 4 rings (SSSR count). The summed E-state index contributed by atoms with van der Waals surface area (Å²) in [6.45, 7) is 2.26. The van der Waals surface area contributed by atoms with Gasteiger partial charge in [0.25, 0.3) is 0 Å². The van der Waals surface area contributed by atoms with E-state index in [1.165, 1.54) is 6.20 Å². The fourth-order valence-corrected chi connectivity index (χ4v) is 4.13. The Balaban J connectivity index is 1.52. The largest absolute Gasteiger partial charge is 0.462 e. The predicted molar refractivity (Wildman–Crippen MR) is 123 cm³/mol. The fourth-order valence-electron chi connectivity index (χ4n) is 3.23. The van der Waals surface area contributed by atoms with Crippen molar-refractivity contribution in [1.82, 2.24) is 14.8 Å². The molecule has 0 radical (unpaired) electrons. The molecule has 0 saturated heterocycles. The molecular weight excluding hydrogens is 428 g/mol.